The van der Waals surface area contributed by atoms with Crippen molar-refractivity contribution in [3.05, 3.63) is 12.4 Å². The lowest BCUT2D eigenvalue weighted by molar-refractivity contribution is -0.139. The number of carbonyl (C=O) groups is 1. The van der Waals surface area contributed by atoms with E-state index in [-0.39, 0.29) is 11.3 Å². The summed E-state index contributed by atoms with van der Waals surface area (Å²) in [4.78, 5) is 13.7. The molecule has 16 heavy (non-hydrogen) atoms. The van der Waals surface area contributed by atoms with Gasteiger partial charge in [0.2, 0.25) is 5.91 Å². The minimum absolute atomic E-state index is 0.0649. The minimum atomic E-state index is 0.0649. The molecule has 1 amide bonds. The summed E-state index contributed by atoms with van der Waals surface area (Å²) in [6.07, 6.45) is 4.12. The van der Waals surface area contributed by atoms with Crippen LogP contribution in [-0.4, -0.2) is 38.9 Å². The smallest absolute Gasteiger partial charge is 0.223 e. The monoisotopic (exact) mass is 222 g/mol. The van der Waals surface area contributed by atoms with Crippen LogP contribution in [0.25, 0.3) is 0 Å². The molecule has 0 aromatic carbocycles. The van der Waals surface area contributed by atoms with Crippen molar-refractivity contribution in [2.45, 2.75) is 33.2 Å². The van der Waals surface area contributed by atoms with Gasteiger partial charge in [0.05, 0.1) is 12.2 Å². The van der Waals surface area contributed by atoms with Crippen LogP contribution in [0.3, 0.4) is 0 Å². The van der Waals surface area contributed by atoms with Gasteiger partial charge in [0, 0.05) is 25.7 Å². The molecule has 5 heteroatoms. The molecule has 1 fully saturated rings. The molecule has 1 aromatic heterocycles. The van der Waals surface area contributed by atoms with Crippen molar-refractivity contribution in [2.24, 2.45) is 5.41 Å². The first-order chi connectivity index (χ1) is 7.46. The average molecular weight is 222 g/mol. The second-order valence-electron chi connectivity index (χ2n) is 5.57. The molecular formula is C11H18N4O. The largest absolute Gasteiger partial charge is 0.338 e. The van der Waals surface area contributed by atoms with Gasteiger partial charge in [0.15, 0.2) is 0 Å². The second kappa shape index (κ2) is 3.88. The van der Waals surface area contributed by atoms with Crippen molar-refractivity contribution in [1.82, 2.24) is 19.9 Å². The SMILES string of the molecule is CC(C)(C)CC(=O)N1CC(n2ccnn2)C1. The Hall–Kier alpha value is -1.39. The molecule has 0 aliphatic carbocycles. The third-order valence-corrected chi connectivity index (χ3v) is 2.71. The summed E-state index contributed by atoms with van der Waals surface area (Å²) >= 11 is 0. The van der Waals surface area contributed by atoms with Gasteiger partial charge in [-0.2, -0.15) is 0 Å². The zero-order chi connectivity index (χ0) is 11.8. The summed E-state index contributed by atoms with van der Waals surface area (Å²) in [6, 6.07) is 0.311. The second-order valence-corrected chi connectivity index (χ2v) is 5.57. The lowest BCUT2D eigenvalue weighted by atomic mass is 9.91. The van der Waals surface area contributed by atoms with Gasteiger partial charge < -0.3 is 4.90 Å². The average Bonchev–Trinajstić information content (AvgIpc) is 2.49. The van der Waals surface area contributed by atoms with Crippen molar-refractivity contribution < 1.29 is 4.79 Å². The van der Waals surface area contributed by atoms with E-state index in [1.54, 1.807) is 6.20 Å². The van der Waals surface area contributed by atoms with Gasteiger partial charge in [0.25, 0.3) is 0 Å². The summed E-state index contributed by atoms with van der Waals surface area (Å²) in [5, 5.41) is 7.70. The maximum atomic E-state index is 11.8. The molecule has 88 valence electrons. The Labute approximate surface area is 95.4 Å². The van der Waals surface area contributed by atoms with Gasteiger partial charge >= 0.3 is 0 Å². The molecule has 0 spiro atoms. The predicted octanol–water partition coefficient (Wildman–Crippen LogP) is 1.10. The van der Waals surface area contributed by atoms with Crippen LogP contribution < -0.4 is 0 Å². The zero-order valence-electron chi connectivity index (χ0n) is 10.1. The van der Waals surface area contributed by atoms with Crippen LogP contribution in [0.15, 0.2) is 12.4 Å². The molecule has 1 aliphatic heterocycles. The third-order valence-electron chi connectivity index (χ3n) is 2.71. The fraction of sp³-hybridized carbons (Fsp3) is 0.727. The summed E-state index contributed by atoms with van der Waals surface area (Å²) in [5.74, 6) is 0.240. The number of hydrogen-bond donors (Lipinski definition) is 0. The van der Waals surface area contributed by atoms with Gasteiger partial charge in [-0.1, -0.05) is 26.0 Å². The standard InChI is InChI=1S/C11H18N4O/c1-11(2,3)6-10(16)14-7-9(8-14)15-5-4-12-13-15/h4-5,9H,6-8H2,1-3H3. The summed E-state index contributed by atoms with van der Waals surface area (Å²) in [6.45, 7) is 7.77. The molecule has 5 nitrogen and oxygen atoms in total. The summed E-state index contributed by atoms with van der Waals surface area (Å²) in [7, 11) is 0. The highest BCUT2D eigenvalue weighted by Gasteiger charge is 2.33. The molecule has 0 N–H and O–H groups in total. The molecule has 2 heterocycles. The fourth-order valence-electron chi connectivity index (χ4n) is 1.80. The minimum Gasteiger partial charge on any atom is -0.338 e. The van der Waals surface area contributed by atoms with Gasteiger partial charge in [-0.3, -0.25) is 4.79 Å². The number of carbonyl (C=O) groups excluding carboxylic acids is 1. The van der Waals surface area contributed by atoms with Crippen LogP contribution in [0.5, 0.6) is 0 Å². The summed E-state index contributed by atoms with van der Waals surface area (Å²) < 4.78 is 1.82. The van der Waals surface area contributed by atoms with E-state index in [1.807, 2.05) is 15.8 Å². The predicted molar refractivity (Wildman–Crippen MR) is 59.7 cm³/mol. The number of aromatic nitrogens is 3. The van der Waals surface area contributed by atoms with Gasteiger partial charge in [-0.25, -0.2) is 4.68 Å². The number of rotatable bonds is 2. The number of amides is 1. The molecule has 0 unspecified atom stereocenters. The van der Waals surface area contributed by atoms with Crippen LogP contribution in [0.4, 0.5) is 0 Å². The lowest BCUT2D eigenvalue weighted by Gasteiger charge is -2.40. The van der Waals surface area contributed by atoms with Crippen LogP contribution in [0, 0.1) is 5.41 Å². The first kappa shape index (κ1) is 11.1. The highest BCUT2D eigenvalue weighted by molar-refractivity contribution is 5.77. The highest BCUT2D eigenvalue weighted by Crippen LogP contribution is 2.25. The molecule has 0 radical (unpaired) electrons. The Morgan fingerprint density at radius 3 is 2.62 bits per heavy atom. The maximum absolute atomic E-state index is 11.8. The van der Waals surface area contributed by atoms with Crippen molar-refractivity contribution >= 4 is 5.91 Å². The first-order valence-electron chi connectivity index (χ1n) is 5.59. The molecule has 0 atom stereocenters. The lowest BCUT2D eigenvalue weighted by Crippen LogP contribution is -2.51. The summed E-state index contributed by atoms with van der Waals surface area (Å²) in [5.41, 5.74) is 0.0649. The Balaban J connectivity index is 1.82. The Morgan fingerprint density at radius 1 is 1.44 bits per heavy atom. The molecule has 0 bridgehead atoms. The Kier molecular flexibility index (Phi) is 2.69. The number of nitrogens with zero attached hydrogens (tertiary/aromatic N) is 4. The van der Waals surface area contributed by atoms with Crippen molar-refractivity contribution in [3.8, 4) is 0 Å². The van der Waals surface area contributed by atoms with Crippen molar-refractivity contribution in [1.29, 1.82) is 0 Å². The van der Waals surface area contributed by atoms with Crippen LogP contribution in [-0.2, 0) is 4.79 Å². The van der Waals surface area contributed by atoms with Gasteiger partial charge in [-0.15, -0.1) is 5.10 Å². The van der Waals surface area contributed by atoms with Crippen LogP contribution >= 0.6 is 0 Å². The molecule has 1 aliphatic rings. The molecule has 2 rings (SSSR count). The van der Waals surface area contributed by atoms with E-state index in [2.05, 4.69) is 31.1 Å². The first-order valence-corrected chi connectivity index (χ1v) is 5.59. The number of likely N-dealkylation sites (tertiary alicyclic amines) is 1. The van der Waals surface area contributed by atoms with E-state index in [4.69, 9.17) is 0 Å². The van der Waals surface area contributed by atoms with E-state index in [0.29, 0.717) is 12.5 Å². The normalized spacial score (nSPS) is 17.3. The maximum Gasteiger partial charge on any atom is 0.223 e. The van der Waals surface area contributed by atoms with E-state index in [9.17, 15) is 4.79 Å². The third kappa shape index (κ3) is 2.40. The van der Waals surface area contributed by atoms with E-state index >= 15 is 0 Å². The molecule has 0 saturated carbocycles. The Morgan fingerprint density at radius 2 is 2.12 bits per heavy atom. The van der Waals surface area contributed by atoms with E-state index in [1.165, 1.54) is 0 Å². The van der Waals surface area contributed by atoms with Crippen LogP contribution in [0.2, 0.25) is 0 Å². The van der Waals surface area contributed by atoms with Crippen molar-refractivity contribution in [3.63, 3.8) is 0 Å². The molecule has 1 saturated heterocycles. The van der Waals surface area contributed by atoms with E-state index in [0.717, 1.165) is 13.1 Å². The fourth-order valence-corrected chi connectivity index (χ4v) is 1.80. The van der Waals surface area contributed by atoms with Crippen molar-refractivity contribution in [2.75, 3.05) is 13.1 Å². The number of hydrogen-bond acceptors (Lipinski definition) is 3. The quantitative estimate of drug-likeness (QED) is 0.753. The zero-order valence-corrected chi connectivity index (χ0v) is 10.1. The molecule has 1 aromatic rings. The molecular weight excluding hydrogens is 204 g/mol. The van der Waals surface area contributed by atoms with Crippen LogP contribution in [0.1, 0.15) is 33.2 Å². The Bertz CT molecular complexity index is 360. The topological polar surface area (TPSA) is 51.0 Å². The van der Waals surface area contributed by atoms with Gasteiger partial charge in [0.1, 0.15) is 0 Å². The van der Waals surface area contributed by atoms with Gasteiger partial charge in [-0.05, 0) is 5.41 Å². The van der Waals surface area contributed by atoms with E-state index < -0.39 is 0 Å². The highest BCUT2D eigenvalue weighted by atomic mass is 16.2.